The topological polar surface area (TPSA) is 78.1 Å². The molecule has 0 fully saturated rings. The molecular formula is C10H9N3O2. The lowest BCUT2D eigenvalue weighted by Crippen LogP contribution is -2.00. The van der Waals surface area contributed by atoms with Crippen LogP contribution < -0.4 is 10.5 Å². The van der Waals surface area contributed by atoms with Crippen LogP contribution in [-0.2, 0) is 0 Å². The van der Waals surface area contributed by atoms with Gasteiger partial charge in [0.25, 0.3) is 0 Å². The summed E-state index contributed by atoms with van der Waals surface area (Å²) in [6, 6.07) is 5.33. The van der Waals surface area contributed by atoms with Crippen LogP contribution in [0.1, 0.15) is 10.6 Å². The highest BCUT2D eigenvalue weighted by Gasteiger charge is 2.08. The normalized spacial score (nSPS) is 10.2. The minimum atomic E-state index is 0.0597. The number of rotatable bonds is 2. The molecule has 2 N–H and O–H groups in total. The van der Waals surface area contributed by atoms with Crippen LogP contribution in [0.5, 0.6) is 5.75 Å². The van der Waals surface area contributed by atoms with Crippen molar-refractivity contribution in [2.45, 2.75) is 0 Å². The van der Waals surface area contributed by atoms with E-state index in [0.717, 1.165) is 0 Å². The lowest BCUT2D eigenvalue weighted by Gasteiger charge is -2.05. The quantitative estimate of drug-likeness (QED) is 0.737. The van der Waals surface area contributed by atoms with Crippen molar-refractivity contribution in [2.24, 2.45) is 0 Å². The van der Waals surface area contributed by atoms with Crippen LogP contribution in [0.3, 0.4) is 0 Å². The van der Waals surface area contributed by atoms with Crippen molar-refractivity contribution in [3.63, 3.8) is 0 Å². The molecule has 1 aromatic carbocycles. The molecule has 5 heteroatoms. The largest absolute Gasteiger partial charge is 0.494 e. The van der Waals surface area contributed by atoms with Gasteiger partial charge in [0.1, 0.15) is 17.1 Å². The Morgan fingerprint density at radius 3 is 2.87 bits per heavy atom. The van der Waals surface area contributed by atoms with Crippen LogP contribution in [0.15, 0.2) is 18.2 Å². The van der Waals surface area contributed by atoms with E-state index in [1.807, 2.05) is 0 Å². The number of fused-ring (bicyclic) bond motifs is 1. The number of hydrogen-bond donors (Lipinski definition) is 1. The van der Waals surface area contributed by atoms with Crippen molar-refractivity contribution in [3.8, 4) is 5.75 Å². The van der Waals surface area contributed by atoms with Gasteiger partial charge < -0.3 is 10.5 Å². The molecule has 0 saturated heterocycles. The Morgan fingerprint density at radius 2 is 2.20 bits per heavy atom. The molecule has 1 heterocycles. The zero-order chi connectivity index (χ0) is 10.8. The first-order valence-corrected chi connectivity index (χ1v) is 4.31. The lowest BCUT2D eigenvalue weighted by atomic mass is 10.2. The van der Waals surface area contributed by atoms with Gasteiger partial charge in [0, 0.05) is 5.39 Å². The fraction of sp³-hybridized carbons (Fsp3) is 0.100. The Labute approximate surface area is 85.9 Å². The van der Waals surface area contributed by atoms with Crippen molar-refractivity contribution in [3.05, 3.63) is 24.0 Å². The average molecular weight is 203 g/mol. The number of nitrogen functional groups attached to an aromatic ring is 1. The van der Waals surface area contributed by atoms with Crippen LogP contribution in [0.2, 0.25) is 0 Å². The van der Waals surface area contributed by atoms with E-state index in [4.69, 9.17) is 10.5 Å². The minimum Gasteiger partial charge on any atom is -0.494 e. The molecule has 2 aromatic rings. The molecule has 0 aliphatic carbocycles. The summed E-state index contributed by atoms with van der Waals surface area (Å²) in [5.41, 5.74) is 6.24. The van der Waals surface area contributed by atoms with Crippen LogP contribution in [0.4, 0.5) is 5.82 Å². The molecule has 0 spiro atoms. The monoisotopic (exact) mass is 203 g/mol. The Hall–Kier alpha value is -2.17. The van der Waals surface area contributed by atoms with Crippen molar-refractivity contribution >= 4 is 23.0 Å². The van der Waals surface area contributed by atoms with Gasteiger partial charge in [0.2, 0.25) is 0 Å². The Kier molecular flexibility index (Phi) is 2.21. The zero-order valence-corrected chi connectivity index (χ0v) is 8.10. The van der Waals surface area contributed by atoms with Crippen molar-refractivity contribution in [1.29, 1.82) is 0 Å². The smallest absolute Gasteiger partial charge is 0.195 e. The second-order valence-corrected chi connectivity index (χ2v) is 2.94. The van der Waals surface area contributed by atoms with E-state index in [2.05, 4.69) is 9.97 Å². The number of carbonyl (C=O) groups excluding carboxylic acids is 1. The van der Waals surface area contributed by atoms with Gasteiger partial charge >= 0.3 is 0 Å². The number of benzene rings is 1. The standard InChI is InChI=1S/C10H9N3O2/c1-15-7-4-2-3-6-9(7)12-8(5-14)13-10(6)11/h2-5H,1H3,(H2,11,12,13). The number of para-hydroxylation sites is 1. The summed E-state index contributed by atoms with van der Waals surface area (Å²) in [6.45, 7) is 0. The summed E-state index contributed by atoms with van der Waals surface area (Å²) in [5.74, 6) is 0.912. The second-order valence-electron chi connectivity index (χ2n) is 2.94. The number of anilines is 1. The van der Waals surface area contributed by atoms with E-state index in [1.54, 1.807) is 18.2 Å². The fourth-order valence-corrected chi connectivity index (χ4v) is 1.38. The third-order valence-corrected chi connectivity index (χ3v) is 2.06. The Morgan fingerprint density at radius 1 is 1.40 bits per heavy atom. The SMILES string of the molecule is COc1cccc2c(N)nc(C=O)nc12. The molecule has 76 valence electrons. The predicted molar refractivity (Wildman–Crippen MR) is 55.9 cm³/mol. The highest BCUT2D eigenvalue weighted by molar-refractivity contribution is 5.93. The van der Waals surface area contributed by atoms with Crippen molar-refractivity contribution in [2.75, 3.05) is 12.8 Å². The second kappa shape index (κ2) is 3.53. The van der Waals surface area contributed by atoms with Crippen LogP contribution >= 0.6 is 0 Å². The third kappa shape index (κ3) is 1.48. The van der Waals surface area contributed by atoms with Gasteiger partial charge in [-0.1, -0.05) is 6.07 Å². The maximum Gasteiger partial charge on any atom is 0.195 e. The molecule has 0 amide bonds. The molecule has 15 heavy (non-hydrogen) atoms. The maximum absolute atomic E-state index is 10.6. The van der Waals surface area contributed by atoms with Gasteiger partial charge in [-0.3, -0.25) is 4.79 Å². The van der Waals surface area contributed by atoms with Gasteiger partial charge in [0.05, 0.1) is 7.11 Å². The first kappa shape index (κ1) is 9.39. The number of nitrogens with two attached hydrogens (primary N) is 1. The number of nitrogens with zero attached hydrogens (tertiary/aromatic N) is 2. The molecule has 0 unspecified atom stereocenters. The van der Waals surface area contributed by atoms with Gasteiger partial charge in [-0.05, 0) is 12.1 Å². The molecule has 0 bridgehead atoms. The minimum absolute atomic E-state index is 0.0597. The molecule has 0 radical (unpaired) electrons. The zero-order valence-electron chi connectivity index (χ0n) is 8.10. The summed E-state index contributed by atoms with van der Waals surface area (Å²) in [4.78, 5) is 18.5. The molecule has 0 aliphatic rings. The van der Waals surface area contributed by atoms with Crippen LogP contribution in [-0.4, -0.2) is 23.4 Å². The van der Waals surface area contributed by atoms with Gasteiger partial charge in [0.15, 0.2) is 12.1 Å². The predicted octanol–water partition coefficient (Wildman–Crippen LogP) is 1.03. The number of aromatic nitrogens is 2. The summed E-state index contributed by atoms with van der Waals surface area (Å²) >= 11 is 0. The van der Waals surface area contributed by atoms with E-state index in [9.17, 15) is 4.79 Å². The fourth-order valence-electron chi connectivity index (χ4n) is 1.38. The van der Waals surface area contributed by atoms with E-state index < -0.39 is 0 Å². The van der Waals surface area contributed by atoms with Gasteiger partial charge in [-0.25, -0.2) is 9.97 Å². The van der Waals surface area contributed by atoms with Crippen molar-refractivity contribution in [1.82, 2.24) is 9.97 Å². The first-order valence-electron chi connectivity index (χ1n) is 4.31. The number of carbonyl (C=O) groups is 1. The number of hydrogen-bond acceptors (Lipinski definition) is 5. The van der Waals surface area contributed by atoms with E-state index in [1.165, 1.54) is 7.11 Å². The lowest BCUT2D eigenvalue weighted by molar-refractivity contribution is 0.111. The third-order valence-electron chi connectivity index (χ3n) is 2.06. The molecule has 0 aliphatic heterocycles. The molecule has 5 nitrogen and oxygen atoms in total. The van der Waals surface area contributed by atoms with Crippen LogP contribution in [0.25, 0.3) is 10.9 Å². The van der Waals surface area contributed by atoms with E-state index in [0.29, 0.717) is 22.9 Å². The number of ether oxygens (including phenoxy) is 1. The molecule has 2 rings (SSSR count). The number of methoxy groups -OCH3 is 1. The summed E-state index contributed by atoms with van der Waals surface area (Å²) in [5, 5.41) is 0.681. The number of aldehydes is 1. The van der Waals surface area contributed by atoms with Crippen LogP contribution in [0, 0.1) is 0 Å². The molecule has 1 aromatic heterocycles. The highest BCUT2D eigenvalue weighted by Crippen LogP contribution is 2.26. The highest BCUT2D eigenvalue weighted by atomic mass is 16.5. The average Bonchev–Trinajstić information content (AvgIpc) is 2.28. The summed E-state index contributed by atoms with van der Waals surface area (Å²) in [7, 11) is 1.54. The van der Waals surface area contributed by atoms with Gasteiger partial charge in [-0.2, -0.15) is 0 Å². The molecule has 0 saturated carbocycles. The maximum atomic E-state index is 10.6. The Balaban J connectivity index is 2.85. The van der Waals surface area contributed by atoms with Gasteiger partial charge in [-0.15, -0.1) is 0 Å². The summed E-state index contributed by atoms with van der Waals surface area (Å²) in [6.07, 6.45) is 0.558. The first-order chi connectivity index (χ1) is 7.26. The van der Waals surface area contributed by atoms with E-state index in [-0.39, 0.29) is 11.6 Å². The molecule has 0 atom stereocenters. The summed E-state index contributed by atoms with van der Waals surface area (Å²) < 4.78 is 5.12. The van der Waals surface area contributed by atoms with Crippen molar-refractivity contribution < 1.29 is 9.53 Å². The van der Waals surface area contributed by atoms with E-state index >= 15 is 0 Å². The Bertz CT molecular complexity index is 525. The molecular weight excluding hydrogens is 194 g/mol.